The van der Waals surface area contributed by atoms with Crippen molar-refractivity contribution in [1.29, 1.82) is 0 Å². The maximum absolute atomic E-state index is 5.90. The van der Waals surface area contributed by atoms with Gasteiger partial charge in [0, 0.05) is 0 Å². The molecule has 3 heteroatoms. The summed E-state index contributed by atoms with van der Waals surface area (Å²) in [6.07, 6.45) is 0. The van der Waals surface area contributed by atoms with Gasteiger partial charge in [-0.25, -0.2) is 0 Å². The molecule has 1 aromatic carbocycles. The third kappa shape index (κ3) is 2.49. The second-order valence-electron chi connectivity index (χ2n) is 2.45. The molecule has 0 N–H and O–H groups in total. The normalized spacial score (nSPS) is 11.5. The van der Waals surface area contributed by atoms with Crippen molar-refractivity contribution in [2.24, 2.45) is 0 Å². The molecule has 0 atom stereocenters. The Bertz CT molecular complexity index is 258. The van der Waals surface area contributed by atoms with E-state index in [1.165, 1.54) is 11.1 Å². The molecular formula is C8H9Cl2I. The van der Waals surface area contributed by atoms with Gasteiger partial charge in [-0.3, -0.25) is 0 Å². The molecule has 0 bridgehead atoms. The topological polar surface area (TPSA) is 0 Å². The summed E-state index contributed by atoms with van der Waals surface area (Å²) in [7, 11) is 11.8. The zero-order valence-corrected chi connectivity index (χ0v) is 10.0. The van der Waals surface area contributed by atoms with Crippen molar-refractivity contribution in [1.82, 2.24) is 0 Å². The van der Waals surface area contributed by atoms with E-state index < -0.39 is 17.6 Å². The number of rotatable bonds is 1. The fourth-order valence-corrected chi connectivity index (χ4v) is 4.47. The first kappa shape index (κ1) is 9.62. The van der Waals surface area contributed by atoms with Crippen LogP contribution in [0.2, 0.25) is 0 Å². The van der Waals surface area contributed by atoms with Gasteiger partial charge in [0.25, 0.3) is 0 Å². The molecule has 1 aromatic rings. The molecule has 0 saturated heterocycles. The molecule has 0 spiro atoms. The minimum absolute atomic E-state index is 1.16. The molecule has 0 aliphatic rings. The Labute approximate surface area is 81.7 Å². The minimum atomic E-state index is -1.81. The standard InChI is InChI=1S/C8H9Cl2I/c1-6-3-4-7(2)8(5-6)11(9)10/h3-5H,1-2H3. The predicted octanol–water partition coefficient (Wildman–Crippen LogP) is 4.29. The van der Waals surface area contributed by atoms with E-state index in [1.807, 2.05) is 6.92 Å². The summed E-state index contributed by atoms with van der Waals surface area (Å²) in [5, 5.41) is 0. The van der Waals surface area contributed by atoms with Crippen LogP contribution in [0.5, 0.6) is 0 Å². The SMILES string of the molecule is Cc1ccc(C)c(I(Cl)Cl)c1. The van der Waals surface area contributed by atoms with Crippen molar-refractivity contribution in [2.75, 3.05) is 0 Å². The summed E-state index contributed by atoms with van der Waals surface area (Å²) < 4.78 is 1.16. The van der Waals surface area contributed by atoms with Crippen LogP contribution in [0.25, 0.3) is 0 Å². The number of halogens is 3. The predicted molar refractivity (Wildman–Crippen MR) is 60.3 cm³/mol. The summed E-state index contributed by atoms with van der Waals surface area (Å²) in [6.45, 7) is 4.10. The summed E-state index contributed by atoms with van der Waals surface area (Å²) in [5.74, 6) is 0. The van der Waals surface area contributed by atoms with Crippen molar-refractivity contribution in [3.05, 3.63) is 32.9 Å². The second kappa shape index (κ2) is 3.97. The van der Waals surface area contributed by atoms with E-state index in [9.17, 15) is 0 Å². The van der Waals surface area contributed by atoms with Gasteiger partial charge in [-0.15, -0.1) is 0 Å². The van der Waals surface area contributed by atoms with Crippen molar-refractivity contribution < 1.29 is 0 Å². The Balaban J connectivity index is 3.13. The van der Waals surface area contributed by atoms with E-state index in [2.05, 4.69) is 25.1 Å². The molecule has 0 saturated carbocycles. The Hall–Kier alpha value is 0.530. The van der Waals surface area contributed by atoms with Crippen LogP contribution in [0.1, 0.15) is 11.1 Å². The van der Waals surface area contributed by atoms with E-state index in [0.717, 1.165) is 3.57 Å². The van der Waals surface area contributed by atoms with E-state index in [-0.39, 0.29) is 0 Å². The monoisotopic (exact) mass is 302 g/mol. The van der Waals surface area contributed by atoms with Crippen LogP contribution in [-0.2, 0) is 0 Å². The van der Waals surface area contributed by atoms with Crippen LogP contribution >= 0.6 is 35.4 Å². The zero-order chi connectivity index (χ0) is 8.43. The van der Waals surface area contributed by atoms with E-state index in [0.29, 0.717) is 0 Å². The molecule has 0 aliphatic carbocycles. The second-order valence-corrected chi connectivity index (χ2v) is 9.55. The van der Waals surface area contributed by atoms with Crippen molar-refractivity contribution in [3.8, 4) is 0 Å². The molecule has 11 heavy (non-hydrogen) atoms. The molecule has 0 heterocycles. The Kier molecular flexibility index (Phi) is 3.47. The quantitative estimate of drug-likeness (QED) is 0.679. The number of aryl methyl sites for hydroxylation is 2. The fourth-order valence-electron chi connectivity index (χ4n) is 0.852. The summed E-state index contributed by atoms with van der Waals surface area (Å²) in [6, 6.07) is 6.23. The van der Waals surface area contributed by atoms with Crippen LogP contribution < -0.4 is 0 Å². The Morgan fingerprint density at radius 1 is 1.18 bits per heavy atom. The third-order valence-electron chi connectivity index (χ3n) is 1.48. The molecule has 0 aliphatic heterocycles. The number of benzene rings is 1. The molecule has 0 amide bonds. The van der Waals surface area contributed by atoms with Gasteiger partial charge in [0.2, 0.25) is 0 Å². The molecular weight excluding hydrogens is 294 g/mol. The van der Waals surface area contributed by atoms with Crippen molar-refractivity contribution in [2.45, 2.75) is 13.8 Å². The number of hydrogen-bond acceptors (Lipinski definition) is 0. The molecule has 0 unspecified atom stereocenters. The third-order valence-corrected chi connectivity index (χ3v) is 5.59. The first-order chi connectivity index (χ1) is 5.11. The van der Waals surface area contributed by atoms with E-state index >= 15 is 0 Å². The number of hydrogen-bond donors (Lipinski definition) is 0. The molecule has 1 rings (SSSR count). The average molecular weight is 303 g/mol. The van der Waals surface area contributed by atoms with Gasteiger partial charge in [0.05, 0.1) is 0 Å². The van der Waals surface area contributed by atoms with Crippen LogP contribution in [-0.4, -0.2) is 0 Å². The van der Waals surface area contributed by atoms with Crippen molar-refractivity contribution in [3.63, 3.8) is 0 Å². The maximum atomic E-state index is 5.90. The molecule has 62 valence electrons. The molecule has 0 fully saturated rings. The summed E-state index contributed by atoms with van der Waals surface area (Å²) in [5.41, 5.74) is 2.44. The summed E-state index contributed by atoms with van der Waals surface area (Å²) in [4.78, 5) is 0. The fraction of sp³-hybridized carbons (Fsp3) is 0.250. The Morgan fingerprint density at radius 2 is 1.82 bits per heavy atom. The van der Waals surface area contributed by atoms with E-state index in [1.54, 1.807) is 0 Å². The van der Waals surface area contributed by atoms with Gasteiger partial charge in [0.1, 0.15) is 0 Å². The molecule has 0 radical (unpaired) electrons. The first-order valence-electron chi connectivity index (χ1n) is 3.21. The average Bonchev–Trinajstić information content (AvgIpc) is 1.94. The van der Waals surface area contributed by atoms with Gasteiger partial charge in [-0.05, 0) is 0 Å². The van der Waals surface area contributed by atoms with Gasteiger partial charge < -0.3 is 0 Å². The van der Waals surface area contributed by atoms with Crippen molar-refractivity contribution >= 4 is 35.4 Å². The Morgan fingerprint density at radius 3 is 2.27 bits per heavy atom. The molecule has 0 aromatic heterocycles. The summed E-state index contributed by atoms with van der Waals surface area (Å²) >= 11 is -1.81. The molecule has 0 nitrogen and oxygen atoms in total. The van der Waals surface area contributed by atoms with Crippen LogP contribution in [0.3, 0.4) is 0 Å². The zero-order valence-electron chi connectivity index (χ0n) is 6.37. The van der Waals surface area contributed by atoms with Crippen LogP contribution in [0, 0.1) is 17.4 Å². The van der Waals surface area contributed by atoms with Crippen LogP contribution in [0.4, 0.5) is 0 Å². The van der Waals surface area contributed by atoms with E-state index in [4.69, 9.17) is 17.8 Å². The first-order valence-corrected chi connectivity index (χ1v) is 9.76. The van der Waals surface area contributed by atoms with Crippen LogP contribution in [0.15, 0.2) is 18.2 Å². The van der Waals surface area contributed by atoms with Gasteiger partial charge >= 0.3 is 82.1 Å². The van der Waals surface area contributed by atoms with Gasteiger partial charge in [-0.1, -0.05) is 0 Å². The van der Waals surface area contributed by atoms with Gasteiger partial charge in [0.15, 0.2) is 0 Å². The van der Waals surface area contributed by atoms with Gasteiger partial charge in [-0.2, -0.15) is 0 Å².